The molecule has 27 heavy (non-hydrogen) atoms. The zero-order valence-electron chi connectivity index (χ0n) is 15.8. The molecule has 2 rings (SSSR count). The summed E-state index contributed by atoms with van der Waals surface area (Å²) >= 11 is 0. The number of amides is 1. The second-order valence-corrected chi connectivity index (χ2v) is 7.24. The molecule has 0 aliphatic carbocycles. The van der Waals surface area contributed by atoms with E-state index in [1.54, 1.807) is 24.3 Å². The molecule has 0 saturated heterocycles. The van der Waals surface area contributed by atoms with Gasteiger partial charge in [0.1, 0.15) is 5.75 Å². The number of hydrogen-bond donors (Lipinski definition) is 2. The number of benzene rings is 2. The van der Waals surface area contributed by atoms with Crippen molar-refractivity contribution < 1.29 is 24.2 Å². The van der Waals surface area contributed by atoms with Crippen LogP contribution >= 0.6 is 0 Å². The van der Waals surface area contributed by atoms with E-state index < -0.39 is 17.5 Å². The molecule has 2 N–H and O–H groups in total. The Morgan fingerprint density at radius 1 is 0.926 bits per heavy atom. The van der Waals surface area contributed by atoms with Gasteiger partial charge >= 0.3 is 5.97 Å². The summed E-state index contributed by atoms with van der Waals surface area (Å²) in [4.78, 5) is 36.5. The fraction of sp³-hybridized carbons (Fsp3) is 0.286. The van der Waals surface area contributed by atoms with Crippen molar-refractivity contribution >= 4 is 23.3 Å². The Morgan fingerprint density at radius 3 is 1.96 bits per heavy atom. The second kappa shape index (κ2) is 8.03. The van der Waals surface area contributed by atoms with E-state index in [2.05, 4.69) is 5.32 Å². The molecule has 0 bridgehead atoms. The zero-order valence-corrected chi connectivity index (χ0v) is 15.8. The Kier molecular flexibility index (Phi) is 6.00. The number of carbonyl (C=O) groups excluding carboxylic acids is 3. The Morgan fingerprint density at radius 2 is 1.44 bits per heavy atom. The van der Waals surface area contributed by atoms with Crippen LogP contribution in [0, 0.1) is 5.41 Å². The molecule has 0 radical (unpaired) electrons. The van der Waals surface area contributed by atoms with Crippen molar-refractivity contribution in [2.75, 3.05) is 5.32 Å². The molecule has 1 atom stereocenters. The number of aromatic hydroxyl groups is 1. The van der Waals surface area contributed by atoms with Gasteiger partial charge in [0.05, 0.1) is 5.56 Å². The highest BCUT2D eigenvalue weighted by Gasteiger charge is 2.22. The van der Waals surface area contributed by atoms with Crippen molar-refractivity contribution in [2.24, 2.45) is 5.41 Å². The third-order valence-corrected chi connectivity index (χ3v) is 3.86. The van der Waals surface area contributed by atoms with Gasteiger partial charge in [-0.05, 0) is 55.5 Å². The standard InChI is InChI=1S/C21H23NO5/c1-13(27-19(25)15-7-11-17(23)12-8-15)18(24)14-5-9-16(10-6-14)22-20(26)21(2,3)4/h5-13,23H,1-4H3,(H,22,26)/t13-/m1/s1. The summed E-state index contributed by atoms with van der Waals surface area (Å²) < 4.78 is 5.19. The van der Waals surface area contributed by atoms with Crippen LogP contribution in [0.3, 0.4) is 0 Å². The highest BCUT2D eigenvalue weighted by molar-refractivity contribution is 6.02. The van der Waals surface area contributed by atoms with E-state index in [4.69, 9.17) is 4.74 Å². The first-order valence-corrected chi connectivity index (χ1v) is 8.53. The van der Waals surface area contributed by atoms with Crippen molar-refractivity contribution in [3.63, 3.8) is 0 Å². The monoisotopic (exact) mass is 369 g/mol. The Bertz CT molecular complexity index is 832. The lowest BCUT2D eigenvalue weighted by molar-refractivity contribution is -0.123. The summed E-state index contributed by atoms with van der Waals surface area (Å²) in [6.07, 6.45) is -0.971. The van der Waals surface area contributed by atoms with Crippen molar-refractivity contribution in [3.05, 3.63) is 59.7 Å². The normalized spacial score (nSPS) is 12.1. The van der Waals surface area contributed by atoms with Crippen LogP contribution < -0.4 is 5.32 Å². The van der Waals surface area contributed by atoms with Crippen molar-refractivity contribution in [3.8, 4) is 5.75 Å². The molecule has 142 valence electrons. The highest BCUT2D eigenvalue weighted by atomic mass is 16.5. The molecule has 0 aliphatic heterocycles. The summed E-state index contributed by atoms with van der Waals surface area (Å²) in [5.74, 6) is -1.09. The number of anilines is 1. The maximum Gasteiger partial charge on any atom is 0.338 e. The van der Waals surface area contributed by atoms with Crippen LogP contribution in [0.25, 0.3) is 0 Å². The van der Waals surface area contributed by atoms with Gasteiger partial charge in [0.15, 0.2) is 6.10 Å². The van der Waals surface area contributed by atoms with E-state index in [-0.39, 0.29) is 23.0 Å². The number of nitrogens with one attached hydrogen (secondary N) is 1. The van der Waals surface area contributed by atoms with E-state index in [1.807, 2.05) is 20.8 Å². The van der Waals surface area contributed by atoms with Gasteiger partial charge in [-0.1, -0.05) is 20.8 Å². The minimum absolute atomic E-state index is 0.0364. The molecule has 0 heterocycles. The summed E-state index contributed by atoms with van der Waals surface area (Å²) in [5.41, 5.74) is 0.675. The molecule has 0 unspecified atom stereocenters. The molecule has 0 aromatic heterocycles. The molecule has 0 spiro atoms. The van der Waals surface area contributed by atoms with Gasteiger partial charge in [0.25, 0.3) is 0 Å². The number of ether oxygens (including phenoxy) is 1. The lowest BCUT2D eigenvalue weighted by Crippen LogP contribution is -2.27. The molecule has 0 aliphatic rings. The van der Waals surface area contributed by atoms with Crippen LogP contribution in [0.1, 0.15) is 48.4 Å². The number of esters is 1. The van der Waals surface area contributed by atoms with Crippen LogP contribution in [0.15, 0.2) is 48.5 Å². The fourth-order valence-corrected chi connectivity index (χ4v) is 2.15. The summed E-state index contributed by atoms with van der Waals surface area (Å²) in [6, 6.07) is 12.0. The van der Waals surface area contributed by atoms with Crippen LogP contribution in [0.2, 0.25) is 0 Å². The van der Waals surface area contributed by atoms with Crippen molar-refractivity contribution in [1.82, 2.24) is 0 Å². The highest BCUT2D eigenvalue weighted by Crippen LogP contribution is 2.19. The maximum atomic E-state index is 12.5. The van der Waals surface area contributed by atoms with Gasteiger partial charge in [-0.15, -0.1) is 0 Å². The summed E-state index contributed by atoms with van der Waals surface area (Å²) in [7, 11) is 0. The number of hydrogen-bond acceptors (Lipinski definition) is 5. The smallest absolute Gasteiger partial charge is 0.338 e. The topological polar surface area (TPSA) is 92.7 Å². The van der Waals surface area contributed by atoms with E-state index in [1.165, 1.54) is 31.2 Å². The molecule has 0 fully saturated rings. The molecule has 2 aromatic carbocycles. The molecule has 1 amide bonds. The SMILES string of the molecule is C[C@@H](OC(=O)c1ccc(O)cc1)C(=O)c1ccc(NC(=O)C(C)(C)C)cc1. The Hall–Kier alpha value is -3.15. The molecular weight excluding hydrogens is 346 g/mol. The van der Waals surface area contributed by atoms with Gasteiger partial charge in [0.2, 0.25) is 11.7 Å². The largest absolute Gasteiger partial charge is 0.508 e. The Balaban J connectivity index is 2.01. The van der Waals surface area contributed by atoms with Gasteiger partial charge in [-0.3, -0.25) is 9.59 Å². The van der Waals surface area contributed by atoms with Crippen LogP contribution in [-0.2, 0) is 9.53 Å². The number of carbonyl (C=O) groups is 3. The van der Waals surface area contributed by atoms with Gasteiger partial charge < -0.3 is 15.2 Å². The summed E-state index contributed by atoms with van der Waals surface area (Å²) in [6.45, 7) is 6.93. The first-order valence-electron chi connectivity index (χ1n) is 8.53. The van der Waals surface area contributed by atoms with Crippen LogP contribution in [0.5, 0.6) is 5.75 Å². The predicted molar refractivity (Wildman–Crippen MR) is 102 cm³/mol. The van der Waals surface area contributed by atoms with E-state index in [9.17, 15) is 19.5 Å². The van der Waals surface area contributed by atoms with Gasteiger partial charge in [-0.2, -0.15) is 0 Å². The maximum absolute atomic E-state index is 12.5. The fourth-order valence-electron chi connectivity index (χ4n) is 2.15. The van der Waals surface area contributed by atoms with Gasteiger partial charge in [0, 0.05) is 16.7 Å². The second-order valence-electron chi connectivity index (χ2n) is 7.24. The zero-order chi connectivity index (χ0) is 20.2. The number of Topliss-reactive ketones (excluding diaryl/α,β-unsaturated/α-hetero) is 1. The first-order chi connectivity index (χ1) is 12.6. The quantitative estimate of drug-likeness (QED) is 0.618. The van der Waals surface area contributed by atoms with E-state index in [0.29, 0.717) is 11.3 Å². The Labute approximate surface area is 158 Å². The molecular formula is C21H23NO5. The van der Waals surface area contributed by atoms with E-state index in [0.717, 1.165) is 0 Å². The number of ketones is 1. The number of phenols is 1. The minimum atomic E-state index is -0.971. The van der Waals surface area contributed by atoms with Crippen molar-refractivity contribution in [2.45, 2.75) is 33.8 Å². The van der Waals surface area contributed by atoms with E-state index >= 15 is 0 Å². The third-order valence-electron chi connectivity index (χ3n) is 3.86. The average molecular weight is 369 g/mol. The minimum Gasteiger partial charge on any atom is -0.508 e. The molecule has 6 nitrogen and oxygen atoms in total. The average Bonchev–Trinajstić information content (AvgIpc) is 2.61. The number of phenolic OH excluding ortho intramolecular Hbond substituents is 1. The third kappa shape index (κ3) is 5.41. The molecule has 6 heteroatoms. The van der Waals surface area contributed by atoms with Crippen LogP contribution in [-0.4, -0.2) is 28.9 Å². The lowest BCUT2D eigenvalue weighted by atomic mass is 9.95. The molecule has 0 saturated carbocycles. The predicted octanol–water partition coefficient (Wildman–Crippen LogP) is 3.81. The van der Waals surface area contributed by atoms with Crippen LogP contribution in [0.4, 0.5) is 5.69 Å². The molecule has 2 aromatic rings. The lowest BCUT2D eigenvalue weighted by Gasteiger charge is -2.18. The number of rotatable bonds is 5. The van der Waals surface area contributed by atoms with Crippen molar-refractivity contribution in [1.29, 1.82) is 0 Å². The first kappa shape index (κ1) is 20.2. The van der Waals surface area contributed by atoms with Gasteiger partial charge in [-0.25, -0.2) is 4.79 Å². The summed E-state index contributed by atoms with van der Waals surface area (Å²) in [5, 5.41) is 12.0.